The Morgan fingerprint density at radius 1 is 1.04 bits per heavy atom. The molecule has 1 heterocycles. The molecule has 1 N–H and O–H groups in total. The highest BCUT2D eigenvalue weighted by molar-refractivity contribution is 5.81. The van der Waals surface area contributed by atoms with Gasteiger partial charge in [-0.25, -0.2) is 0 Å². The molecule has 0 bridgehead atoms. The zero-order valence-corrected chi connectivity index (χ0v) is 15.6. The third kappa shape index (κ3) is 5.55. The maximum Gasteiger partial charge on any atom is 0.237 e. The Morgan fingerprint density at radius 3 is 2.32 bits per heavy atom. The molecule has 3 rings (SSSR count). The van der Waals surface area contributed by atoms with E-state index in [-0.39, 0.29) is 11.9 Å². The van der Waals surface area contributed by atoms with Gasteiger partial charge >= 0.3 is 0 Å². The van der Waals surface area contributed by atoms with Crippen molar-refractivity contribution in [2.75, 3.05) is 26.2 Å². The van der Waals surface area contributed by atoms with E-state index in [1.165, 1.54) is 31.2 Å². The van der Waals surface area contributed by atoms with E-state index in [0.29, 0.717) is 6.04 Å². The predicted octanol–water partition coefficient (Wildman–Crippen LogP) is 3.03. The van der Waals surface area contributed by atoms with Crippen LogP contribution in [0.2, 0.25) is 0 Å². The topological polar surface area (TPSA) is 35.6 Å². The van der Waals surface area contributed by atoms with Crippen LogP contribution < -0.4 is 5.32 Å². The summed E-state index contributed by atoms with van der Waals surface area (Å²) in [7, 11) is 0. The number of nitrogens with one attached hydrogen (secondary N) is 1. The van der Waals surface area contributed by atoms with Gasteiger partial charge < -0.3 is 5.32 Å². The van der Waals surface area contributed by atoms with Gasteiger partial charge in [-0.15, -0.1) is 0 Å². The van der Waals surface area contributed by atoms with Gasteiger partial charge in [0.2, 0.25) is 5.91 Å². The van der Waals surface area contributed by atoms with Gasteiger partial charge in [-0.3, -0.25) is 14.6 Å². The van der Waals surface area contributed by atoms with Crippen molar-refractivity contribution in [2.45, 2.75) is 64.1 Å². The molecular formula is C21H33N3O. The van der Waals surface area contributed by atoms with Gasteiger partial charge in [0.25, 0.3) is 0 Å². The average molecular weight is 344 g/mol. The van der Waals surface area contributed by atoms with Crippen molar-refractivity contribution >= 4 is 5.91 Å². The number of benzene rings is 1. The van der Waals surface area contributed by atoms with Crippen LogP contribution in [-0.2, 0) is 11.3 Å². The number of carbonyl (C=O) groups excluding carboxylic acids is 1. The second-order valence-corrected chi connectivity index (χ2v) is 7.67. The summed E-state index contributed by atoms with van der Waals surface area (Å²) in [5.74, 6) is 0.225. The van der Waals surface area contributed by atoms with E-state index < -0.39 is 0 Å². The molecular weight excluding hydrogens is 310 g/mol. The summed E-state index contributed by atoms with van der Waals surface area (Å²) in [6.07, 6.45) is 7.48. The molecule has 4 heteroatoms. The Labute approximate surface area is 152 Å². The lowest BCUT2D eigenvalue weighted by Crippen LogP contribution is -2.54. The highest BCUT2D eigenvalue weighted by Gasteiger charge is 2.27. The number of carbonyl (C=O) groups is 1. The molecule has 1 saturated carbocycles. The molecule has 2 fully saturated rings. The van der Waals surface area contributed by atoms with E-state index in [4.69, 9.17) is 0 Å². The van der Waals surface area contributed by atoms with E-state index in [9.17, 15) is 4.79 Å². The molecule has 2 aliphatic rings. The molecule has 138 valence electrons. The molecule has 1 saturated heterocycles. The van der Waals surface area contributed by atoms with Crippen molar-refractivity contribution in [1.82, 2.24) is 15.1 Å². The normalized spacial score (nSPS) is 22.3. The SMILES string of the molecule is C[C@H](C(=O)NC1CCCCCC1)N1CCN(Cc2ccccc2)CC1. The number of hydrogen-bond acceptors (Lipinski definition) is 3. The van der Waals surface area contributed by atoms with Gasteiger partial charge in [0.1, 0.15) is 0 Å². The third-order valence-corrected chi connectivity index (χ3v) is 5.78. The van der Waals surface area contributed by atoms with Crippen molar-refractivity contribution in [2.24, 2.45) is 0 Å². The summed E-state index contributed by atoms with van der Waals surface area (Å²) in [6.45, 7) is 7.11. The first-order chi connectivity index (χ1) is 12.2. The Balaban J connectivity index is 1.42. The van der Waals surface area contributed by atoms with Crippen molar-refractivity contribution in [3.8, 4) is 0 Å². The molecule has 1 atom stereocenters. The standard InChI is InChI=1S/C21H33N3O/c1-18(21(25)22-20-11-7-2-3-8-12-20)24-15-13-23(14-16-24)17-19-9-5-4-6-10-19/h4-6,9-10,18,20H,2-3,7-8,11-17H2,1H3,(H,22,25)/t18-/m1/s1. The van der Waals surface area contributed by atoms with Gasteiger partial charge in [-0.1, -0.05) is 56.0 Å². The summed E-state index contributed by atoms with van der Waals surface area (Å²) in [5, 5.41) is 3.31. The molecule has 1 aliphatic carbocycles. The Kier molecular flexibility index (Phi) is 6.88. The first-order valence-corrected chi connectivity index (χ1v) is 10.0. The van der Waals surface area contributed by atoms with Crippen LogP contribution in [0.25, 0.3) is 0 Å². The zero-order chi connectivity index (χ0) is 17.5. The Morgan fingerprint density at radius 2 is 1.68 bits per heavy atom. The summed E-state index contributed by atoms with van der Waals surface area (Å²) >= 11 is 0. The molecule has 25 heavy (non-hydrogen) atoms. The summed E-state index contributed by atoms with van der Waals surface area (Å²) < 4.78 is 0. The second kappa shape index (κ2) is 9.35. The van der Waals surface area contributed by atoms with Crippen molar-refractivity contribution in [3.05, 3.63) is 35.9 Å². The van der Waals surface area contributed by atoms with Gasteiger partial charge in [0, 0.05) is 38.8 Å². The van der Waals surface area contributed by atoms with Gasteiger partial charge in [0.05, 0.1) is 6.04 Å². The number of nitrogens with zero attached hydrogens (tertiary/aromatic N) is 2. The summed E-state index contributed by atoms with van der Waals surface area (Å²) in [5.41, 5.74) is 1.37. The lowest BCUT2D eigenvalue weighted by atomic mass is 10.1. The van der Waals surface area contributed by atoms with Crippen molar-refractivity contribution in [3.63, 3.8) is 0 Å². The molecule has 0 radical (unpaired) electrons. The number of piperazine rings is 1. The predicted molar refractivity (Wildman–Crippen MR) is 102 cm³/mol. The molecule has 1 aromatic rings. The quantitative estimate of drug-likeness (QED) is 0.835. The smallest absolute Gasteiger partial charge is 0.237 e. The van der Waals surface area contributed by atoms with E-state index in [1.807, 2.05) is 0 Å². The van der Waals surface area contributed by atoms with Crippen LogP contribution in [-0.4, -0.2) is 54.0 Å². The maximum atomic E-state index is 12.6. The van der Waals surface area contributed by atoms with Crippen LogP contribution in [0, 0.1) is 0 Å². The monoisotopic (exact) mass is 343 g/mol. The second-order valence-electron chi connectivity index (χ2n) is 7.67. The van der Waals surface area contributed by atoms with Crippen LogP contribution >= 0.6 is 0 Å². The maximum absolute atomic E-state index is 12.6. The van der Waals surface area contributed by atoms with Gasteiger partial charge in [0.15, 0.2) is 0 Å². The average Bonchev–Trinajstić information content (AvgIpc) is 2.91. The van der Waals surface area contributed by atoms with E-state index >= 15 is 0 Å². The lowest BCUT2D eigenvalue weighted by Gasteiger charge is -2.37. The van der Waals surface area contributed by atoms with Crippen molar-refractivity contribution < 1.29 is 4.79 Å². The zero-order valence-electron chi connectivity index (χ0n) is 15.6. The molecule has 1 aliphatic heterocycles. The van der Waals surface area contributed by atoms with Crippen LogP contribution in [0.4, 0.5) is 0 Å². The molecule has 0 aromatic heterocycles. The number of amides is 1. The van der Waals surface area contributed by atoms with Crippen LogP contribution in [0.3, 0.4) is 0 Å². The van der Waals surface area contributed by atoms with Gasteiger partial charge in [-0.2, -0.15) is 0 Å². The van der Waals surface area contributed by atoms with E-state index in [0.717, 1.165) is 45.6 Å². The Bertz CT molecular complexity index is 517. The minimum atomic E-state index is -0.0119. The highest BCUT2D eigenvalue weighted by atomic mass is 16.2. The largest absolute Gasteiger partial charge is 0.352 e. The number of hydrogen-bond donors (Lipinski definition) is 1. The van der Waals surface area contributed by atoms with E-state index in [2.05, 4.69) is 52.4 Å². The van der Waals surface area contributed by atoms with Crippen molar-refractivity contribution in [1.29, 1.82) is 0 Å². The van der Waals surface area contributed by atoms with Crippen LogP contribution in [0.1, 0.15) is 51.0 Å². The lowest BCUT2D eigenvalue weighted by molar-refractivity contribution is -0.127. The first kappa shape index (κ1) is 18.4. The minimum Gasteiger partial charge on any atom is -0.352 e. The highest BCUT2D eigenvalue weighted by Crippen LogP contribution is 2.18. The Hall–Kier alpha value is -1.39. The molecule has 1 aromatic carbocycles. The van der Waals surface area contributed by atoms with E-state index in [1.54, 1.807) is 0 Å². The fourth-order valence-electron chi connectivity index (χ4n) is 4.06. The minimum absolute atomic E-state index is 0.0119. The van der Waals surface area contributed by atoms with Crippen LogP contribution in [0.5, 0.6) is 0 Å². The number of rotatable bonds is 5. The summed E-state index contributed by atoms with van der Waals surface area (Å²) in [6, 6.07) is 11.0. The van der Waals surface area contributed by atoms with Crippen LogP contribution in [0.15, 0.2) is 30.3 Å². The molecule has 0 unspecified atom stereocenters. The molecule has 4 nitrogen and oxygen atoms in total. The third-order valence-electron chi connectivity index (χ3n) is 5.78. The van der Waals surface area contributed by atoms with Gasteiger partial charge in [-0.05, 0) is 25.3 Å². The molecule has 1 amide bonds. The molecule has 0 spiro atoms. The fourth-order valence-corrected chi connectivity index (χ4v) is 4.06. The fraction of sp³-hybridized carbons (Fsp3) is 0.667. The first-order valence-electron chi connectivity index (χ1n) is 10.0. The summed E-state index contributed by atoms with van der Waals surface area (Å²) in [4.78, 5) is 17.5.